The lowest BCUT2D eigenvalue weighted by Gasteiger charge is -2.27. The second-order valence-electron chi connectivity index (χ2n) is 16.4. The molecule has 1 aromatic heterocycles. The van der Waals surface area contributed by atoms with Gasteiger partial charge in [-0.05, 0) is 132 Å². The molecule has 11 aromatic carbocycles. The van der Waals surface area contributed by atoms with Gasteiger partial charge >= 0.3 is 0 Å². The number of nitrogens with zero attached hydrogens (tertiary/aromatic N) is 1. The number of benzene rings is 11. The van der Waals surface area contributed by atoms with Crippen LogP contribution in [-0.4, -0.2) is 0 Å². The van der Waals surface area contributed by atoms with Crippen LogP contribution in [-0.2, 0) is 0 Å². The van der Waals surface area contributed by atoms with Crippen LogP contribution in [0.3, 0.4) is 0 Å². The van der Waals surface area contributed by atoms with Crippen LogP contribution in [0, 0.1) is 0 Å². The van der Waals surface area contributed by atoms with E-state index in [9.17, 15) is 0 Å². The summed E-state index contributed by atoms with van der Waals surface area (Å²) in [5, 5.41) is 7.15. The van der Waals surface area contributed by atoms with Gasteiger partial charge in [0.15, 0.2) is 0 Å². The summed E-state index contributed by atoms with van der Waals surface area (Å²) in [5.74, 6) is 0. The van der Waals surface area contributed by atoms with Crippen molar-refractivity contribution in [3.8, 4) is 55.6 Å². The number of furan rings is 1. The van der Waals surface area contributed by atoms with E-state index in [-0.39, 0.29) is 0 Å². The van der Waals surface area contributed by atoms with Gasteiger partial charge in [-0.2, -0.15) is 0 Å². The Hall–Kier alpha value is -8.46. The van der Waals surface area contributed by atoms with Crippen LogP contribution in [0.1, 0.15) is 0 Å². The van der Waals surface area contributed by atoms with E-state index in [1.54, 1.807) is 0 Å². The normalized spacial score (nSPS) is 11.4. The van der Waals surface area contributed by atoms with Crippen molar-refractivity contribution in [3.63, 3.8) is 0 Å². The third-order valence-corrected chi connectivity index (χ3v) is 12.6. The van der Waals surface area contributed by atoms with Gasteiger partial charge in [0.25, 0.3) is 0 Å². The Kier molecular flexibility index (Phi) is 9.20. The maximum atomic E-state index is 6.34. The van der Waals surface area contributed by atoms with Gasteiger partial charge in [0.2, 0.25) is 0 Å². The van der Waals surface area contributed by atoms with Gasteiger partial charge in [-0.1, -0.05) is 194 Å². The van der Waals surface area contributed by atoms with Gasteiger partial charge in [0.1, 0.15) is 11.2 Å². The first-order chi connectivity index (χ1) is 31.7. The van der Waals surface area contributed by atoms with Gasteiger partial charge in [-0.15, -0.1) is 0 Å². The summed E-state index contributed by atoms with van der Waals surface area (Å²) >= 11 is 0. The summed E-state index contributed by atoms with van der Waals surface area (Å²) in [7, 11) is 0. The summed E-state index contributed by atoms with van der Waals surface area (Å²) in [4.78, 5) is 2.39. The van der Waals surface area contributed by atoms with Gasteiger partial charge in [-0.3, -0.25) is 0 Å². The number of anilines is 3. The second kappa shape index (κ2) is 15.8. The first kappa shape index (κ1) is 37.3. The van der Waals surface area contributed by atoms with E-state index < -0.39 is 0 Å². The molecule has 12 rings (SSSR count). The highest BCUT2D eigenvalue weighted by atomic mass is 16.3. The highest BCUT2D eigenvalue weighted by Crippen LogP contribution is 2.47. The predicted molar refractivity (Wildman–Crippen MR) is 271 cm³/mol. The summed E-state index contributed by atoms with van der Waals surface area (Å²) in [6.07, 6.45) is 0. The van der Waals surface area contributed by atoms with Crippen molar-refractivity contribution in [2.75, 3.05) is 4.90 Å². The Morgan fingerprint density at radius 2 is 0.719 bits per heavy atom. The first-order valence-electron chi connectivity index (χ1n) is 21.9. The summed E-state index contributed by atoms with van der Waals surface area (Å²) in [6, 6.07) is 89.8. The molecule has 0 aliphatic carbocycles. The molecule has 0 saturated heterocycles. The average molecular weight is 816 g/mol. The van der Waals surface area contributed by atoms with Crippen molar-refractivity contribution in [1.82, 2.24) is 0 Å². The number of fused-ring (bicyclic) bond motifs is 6. The molecule has 64 heavy (non-hydrogen) atoms. The van der Waals surface area contributed by atoms with Crippen LogP contribution < -0.4 is 4.90 Å². The minimum Gasteiger partial charge on any atom is -0.456 e. The van der Waals surface area contributed by atoms with Crippen molar-refractivity contribution < 1.29 is 4.42 Å². The minimum atomic E-state index is 0.871. The fourth-order valence-electron chi connectivity index (χ4n) is 9.70. The average Bonchev–Trinajstić information content (AvgIpc) is 3.75. The Labute approximate surface area is 372 Å². The third-order valence-electron chi connectivity index (χ3n) is 12.6. The zero-order valence-electron chi connectivity index (χ0n) is 35.0. The van der Waals surface area contributed by atoms with Gasteiger partial charge in [0.05, 0.1) is 0 Å². The van der Waals surface area contributed by atoms with Crippen LogP contribution in [0.5, 0.6) is 0 Å². The molecule has 0 bridgehead atoms. The van der Waals surface area contributed by atoms with Crippen molar-refractivity contribution >= 4 is 60.5 Å². The topological polar surface area (TPSA) is 16.4 Å². The Morgan fingerprint density at radius 1 is 0.234 bits per heavy atom. The quantitative estimate of drug-likeness (QED) is 0.142. The number of hydrogen-bond acceptors (Lipinski definition) is 2. The SMILES string of the molecule is c1ccc(-c2ccc(N(c3cccc(-c4ccc5c(c4)c(-c4ccccc4)c(-c4ccccc4)c4ccccc45)c3)c3ccc4oc5ccccc5c4c3)cc2-c2ccccc2)cc1. The Morgan fingerprint density at radius 3 is 1.42 bits per heavy atom. The molecule has 0 aliphatic rings. The molecule has 0 N–H and O–H groups in total. The smallest absolute Gasteiger partial charge is 0.135 e. The molecule has 0 atom stereocenters. The molecule has 0 radical (unpaired) electrons. The molecule has 300 valence electrons. The molecule has 0 unspecified atom stereocenters. The number of rotatable bonds is 8. The molecule has 1 heterocycles. The highest BCUT2D eigenvalue weighted by molar-refractivity contribution is 6.22. The fourth-order valence-corrected chi connectivity index (χ4v) is 9.70. The zero-order chi connectivity index (χ0) is 42.4. The van der Waals surface area contributed by atoms with E-state index in [1.165, 1.54) is 66.1 Å². The molecular formula is C62H41NO. The van der Waals surface area contributed by atoms with E-state index in [4.69, 9.17) is 4.42 Å². The molecular weight excluding hydrogens is 775 g/mol. The molecule has 0 fully saturated rings. The van der Waals surface area contributed by atoms with E-state index in [0.717, 1.165) is 50.1 Å². The lowest BCUT2D eigenvalue weighted by molar-refractivity contribution is 0.669. The van der Waals surface area contributed by atoms with E-state index in [2.05, 4.69) is 241 Å². The lowest BCUT2D eigenvalue weighted by Crippen LogP contribution is -2.10. The van der Waals surface area contributed by atoms with Crippen molar-refractivity contribution in [2.24, 2.45) is 0 Å². The van der Waals surface area contributed by atoms with Crippen LogP contribution in [0.25, 0.3) is 99.1 Å². The number of para-hydroxylation sites is 1. The predicted octanol–water partition coefficient (Wildman–Crippen LogP) is 17.7. The highest BCUT2D eigenvalue weighted by Gasteiger charge is 2.21. The molecule has 0 saturated carbocycles. The van der Waals surface area contributed by atoms with Crippen molar-refractivity contribution in [3.05, 3.63) is 249 Å². The Bertz CT molecular complexity index is 3650. The van der Waals surface area contributed by atoms with Gasteiger partial charge < -0.3 is 9.32 Å². The largest absolute Gasteiger partial charge is 0.456 e. The second-order valence-corrected chi connectivity index (χ2v) is 16.4. The van der Waals surface area contributed by atoms with E-state index >= 15 is 0 Å². The summed E-state index contributed by atoms with van der Waals surface area (Å²) in [6.45, 7) is 0. The fraction of sp³-hybridized carbons (Fsp3) is 0. The minimum absolute atomic E-state index is 0.871. The maximum Gasteiger partial charge on any atom is 0.135 e. The molecule has 2 nitrogen and oxygen atoms in total. The van der Waals surface area contributed by atoms with E-state index in [1.807, 2.05) is 12.1 Å². The first-order valence-corrected chi connectivity index (χ1v) is 21.9. The summed E-state index contributed by atoms with van der Waals surface area (Å²) < 4.78 is 6.34. The van der Waals surface area contributed by atoms with E-state index in [0.29, 0.717) is 0 Å². The van der Waals surface area contributed by atoms with Crippen LogP contribution in [0.4, 0.5) is 17.1 Å². The number of hydrogen-bond donors (Lipinski definition) is 0. The van der Waals surface area contributed by atoms with Crippen LogP contribution in [0.2, 0.25) is 0 Å². The third kappa shape index (κ3) is 6.52. The molecule has 0 aliphatic heterocycles. The monoisotopic (exact) mass is 815 g/mol. The van der Waals surface area contributed by atoms with Crippen molar-refractivity contribution in [2.45, 2.75) is 0 Å². The standard InChI is InChI=1S/C62H41NO/c1-5-18-42(19-6-1)51-36-33-49(40-56(51)43-20-7-2-8-21-43)63(50-34-37-60-57(41-50)54-29-15-16-31-59(54)64-60)48-27-17-26-46(38-48)47-32-35-53-52-28-13-14-30-55(52)61(44-22-9-3-10-23-44)62(58(53)39-47)45-24-11-4-12-25-45/h1-41H. The Balaban J connectivity index is 1.08. The lowest BCUT2D eigenvalue weighted by atomic mass is 9.84. The van der Waals surface area contributed by atoms with Crippen LogP contribution in [0.15, 0.2) is 253 Å². The zero-order valence-corrected chi connectivity index (χ0v) is 35.0. The molecule has 0 amide bonds. The van der Waals surface area contributed by atoms with Crippen molar-refractivity contribution in [1.29, 1.82) is 0 Å². The molecule has 2 heteroatoms. The molecule has 12 aromatic rings. The summed E-state index contributed by atoms with van der Waals surface area (Å²) in [5.41, 5.74) is 16.8. The van der Waals surface area contributed by atoms with Gasteiger partial charge in [-0.25, -0.2) is 0 Å². The van der Waals surface area contributed by atoms with Gasteiger partial charge in [0, 0.05) is 27.8 Å². The van der Waals surface area contributed by atoms with Crippen LogP contribution >= 0.6 is 0 Å². The maximum absolute atomic E-state index is 6.34. The molecule has 0 spiro atoms.